The van der Waals surface area contributed by atoms with Gasteiger partial charge in [0.05, 0.1) is 4.92 Å². The predicted octanol–water partition coefficient (Wildman–Crippen LogP) is 4.83. The molecule has 0 aliphatic rings. The van der Waals surface area contributed by atoms with Crippen LogP contribution in [0, 0.1) is 10.1 Å². The molecule has 0 heterocycles. The summed E-state index contributed by atoms with van der Waals surface area (Å²) in [4.78, 5) is 13.3. The standard InChI is InChI=1S/C19H25N3O2/c1-3-12-21(13-4-2)17-10-11-19(22(23)24)18(14-17)20-15-16-8-6-5-7-9-16/h5-11,14,20H,3-4,12-13,15H2,1-2H3. The molecule has 0 aromatic heterocycles. The van der Waals surface area contributed by atoms with E-state index in [2.05, 4.69) is 24.1 Å². The maximum atomic E-state index is 11.3. The van der Waals surface area contributed by atoms with E-state index in [1.165, 1.54) is 0 Å². The molecule has 0 fully saturated rings. The lowest BCUT2D eigenvalue weighted by atomic mass is 10.2. The van der Waals surface area contributed by atoms with Gasteiger partial charge in [-0.05, 0) is 30.5 Å². The summed E-state index contributed by atoms with van der Waals surface area (Å²) in [6.07, 6.45) is 2.09. The smallest absolute Gasteiger partial charge is 0.292 e. The van der Waals surface area contributed by atoms with Gasteiger partial charge in [0, 0.05) is 31.4 Å². The Bertz CT molecular complexity index is 653. The Balaban J connectivity index is 2.25. The first kappa shape index (κ1) is 17.8. The zero-order chi connectivity index (χ0) is 17.4. The summed E-state index contributed by atoms with van der Waals surface area (Å²) in [5, 5.41) is 14.5. The molecule has 2 aromatic rings. The summed E-state index contributed by atoms with van der Waals surface area (Å²) in [6.45, 7) is 6.74. The molecule has 128 valence electrons. The Labute approximate surface area is 143 Å². The van der Waals surface area contributed by atoms with E-state index in [-0.39, 0.29) is 10.6 Å². The van der Waals surface area contributed by atoms with E-state index < -0.39 is 0 Å². The molecule has 2 aromatic carbocycles. The second-order valence-electron chi connectivity index (χ2n) is 5.78. The number of nitrogens with one attached hydrogen (secondary N) is 1. The topological polar surface area (TPSA) is 58.4 Å². The molecule has 0 atom stereocenters. The van der Waals surface area contributed by atoms with Crippen molar-refractivity contribution in [2.24, 2.45) is 0 Å². The zero-order valence-corrected chi connectivity index (χ0v) is 14.4. The molecule has 0 aliphatic carbocycles. The maximum Gasteiger partial charge on any atom is 0.292 e. The summed E-state index contributed by atoms with van der Waals surface area (Å²) in [5.74, 6) is 0. The van der Waals surface area contributed by atoms with Crippen LogP contribution in [-0.2, 0) is 6.54 Å². The average Bonchev–Trinajstić information content (AvgIpc) is 2.60. The first-order valence-corrected chi connectivity index (χ1v) is 8.46. The van der Waals surface area contributed by atoms with E-state index in [1.807, 2.05) is 42.5 Å². The van der Waals surface area contributed by atoms with Crippen LogP contribution in [0.4, 0.5) is 17.1 Å². The number of nitro groups is 1. The molecular weight excluding hydrogens is 302 g/mol. The van der Waals surface area contributed by atoms with Crippen molar-refractivity contribution in [3.63, 3.8) is 0 Å². The van der Waals surface area contributed by atoms with Gasteiger partial charge in [-0.2, -0.15) is 0 Å². The van der Waals surface area contributed by atoms with Crippen molar-refractivity contribution in [3.8, 4) is 0 Å². The number of hydrogen-bond donors (Lipinski definition) is 1. The minimum absolute atomic E-state index is 0.114. The highest BCUT2D eigenvalue weighted by molar-refractivity contribution is 5.69. The minimum Gasteiger partial charge on any atom is -0.375 e. The Hall–Kier alpha value is -2.56. The van der Waals surface area contributed by atoms with Gasteiger partial charge in [-0.15, -0.1) is 0 Å². The normalized spacial score (nSPS) is 10.4. The van der Waals surface area contributed by atoms with Crippen LogP contribution in [0.15, 0.2) is 48.5 Å². The second-order valence-corrected chi connectivity index (χ2v) is 5.78. The van der Waals surface area contributed by atoms with Crippen molar-refractivity contribution in [2.75, 3.05) is 23.3 Å². The molecule has 0 spiro atoms. The van der Waals surface area contributed by atoms with Crippen molar-refractivity contribution in [1.82, 2.24) is 0 Å². The summed E-state index contributed by atoms with van der Waals surface area (Å²) in [5.41, 5.74) is 2.80. The van der Waals surface area contributed by atoms with Gasteiger partial charge in [0.2, 0.25) is 0 Å². The summed E-state index contributed by atoms with van der Waals surface area (Å²) in [6, 6.07) is 15.2. The van der Waals surface area contributed by atoms with Crippen molar-refractivity contribution >= 4 is 17.1 Å². The third-order valence-corrected chi connectivity index (χ3v) is 3.85. The third kappa shape index (κ3) is 4.72. The first-order valence-electron chi connectivity index (χ1n) is 8.46. The molecule has 0 bridgehead atoms. The van der Waals surface area contributed by atoms with Crippen LogP contribution in [0.3, 0.4) is 0 Å². The van der Waals surface area contributed by atoms with Gasteiger partial charge in [-0.3, -0.25) is 10.1 Å². The molecule has 5 heteroatoms. The Morgan fingerprint density at radius 1 is 1.04 bits per heavy atom. The number of nitro benzene ring substituents is 1. The molecule has 0 radical (unpaired) electrons. The summed E-state index contributed by atoms with van der Waals surface area (Å²) in [7, 11) is 0. The van der Waals surface area contributed by atoms with Gasteiger partial charge >= 0.3 is 0 Å². The molecule has 24 heavy (non-hydrogen) atoms. The number of anilines is 2. The van der Waals surface area contributed by atoms with Gasteiger partial charge in [0.1, 0.15) is 5.69 Å². The molecule has 2 rings (SSSR count). The highest BCUT2D eigenvalue weighted by Gasteiger charge is 2.16. The molecule has 0 amide bonds. The Kier molecular flexibility index (Phi) is 6.61. The van der Waals surface area contributed by atoms with Crippen molar-refractivity contribution in [3.05, 3.63) is 64.2 Å². The van der Waals surface area contributed by atoms with E-state index in [1.54, 1.807) is 6.07 Å². The minimum atomic E-state index is -0.332. The lowest BCUT2D eigenvalue weighted by molar-refractivity contribution is -0.384. The van der Waals surface area contributed by atoms with Crippen LogP contribution in [0.2, 0.25) is 0 Å². The quantitative estimate of drug-likeness (QED) is 0.529. The van der Waals surface area contributed by atoms with E-state index >= 15 is 0 Å². The van der Waals surface area contributed by atoms with E-state index in [0.29, 0.717) is 12.2 Å². The number of benzene rings is 2. The van der Waals surface area contributed by atoms with Crippen LogP contribution in [0.5, 0.6) is 0 Å². The largest absolute Gasteiger partial charge is 0.375 e. The fourth-order valence-electron chi connectivity index (χ4n) is 2.72. The summed E-state index contributed by atoms with van der Waals surface area (Å²) < 4.78 is 0. The van der Waals surface area contributed by atoms with Crippen molar-refractivity contribution in [1.29, 1.82) is 0 Å². The monoisotopic (exact) mass is 327 g/mol. The highest BCUT2D eigenvalue weighted by atomic mass is 16.6. The van der Waals surface area contributed by atoms with E-state index in [9.17, 15) is 10.1 Å². The number of rotatable bonds is 9. The molecule has 0 aliphatic heterocycles. The van der Waals surface area contributed by atoms with Crippen molar-refractivity contribution < 1.29 is 4.92 Å². The van der Waals surface area contributed by atoms with E-state index in [4.69, 9.17) is 0 Å². The SMILES string of the molecule is CCCN(CCC)c1ccc([N+](=O)[O-])c(NCc2ccccc2)c1. The maximum absolute atomic E-state index is 11.3. The molecule has 0 saturated carbocycles. The number of nitrogens with zero attached hydrogens (tertiary/aromatic N) is 2. The van der Waals surface area contributed by atoms with Crippen LogP contribution >= 0.6 is 0 Å². The lowest BCUT2D eigenvalue weighted by Gasteiger charge is -2.24. The second kappa shape index (κ2) is 8.91. The zero-order valence-electron chi connectivity index (χ0n) is 14.4. The van der Waals surface area contributed by atoms with Crippen molar-refractivity contribution in [2.45, 2.75) is 33.2 Å². The fraction of sp³-hybridized carbons (Fsp3) is 0.368. The Morgan fingerprint density at radius 2 is 1.71 bits per heavy atom. The fourth-order valence-corrected chi connectivity index (χ4v) is 2.72. The molecule has 1 N–H and O–H groups in total. The van der Waals surface area contributed by atoms with Crippen LogP contribution in [-0.4, -0.2) is 18.0 Å². The molecule has 0 saturated heterocycles. The Morgan fingerprint density at radius 3 is 2.29 bits per heavy atom. The molecule has 5 nitrogen and oxygen atoms in total. The van der Waals surface area contributed by atoms with Gasteiger partial charge in [0.25, 0.3) is 5.69 Å². The summed E-state index contributed by atoms with van der Waals surface area (Å²) >= 11 is 0. The molecular formula is C19H25N3O2. The van der Waals surface area contributed by atoms with Crippen LogP contribution in [0.25, 0.3) is 0 Å². The van der Waals surface area contributed by atoms with Crippen LogP contribution < -0.4 is 10.2 Å². The predicted molar refractivity (Wildman–Crippen MR) is 99.7 cm³/mol. The van der Waals surface area contributed by atoms with Crippen LogP contribution in [0.1, 0.15) is 32.3 Å². The highest BCUT2D eigenvalue weighted by Crippen LogP contribution is 2.30. The van der Waals surface area contributed by atoms with Gasteiger partial charge in [-0.1, -0.05) is 44.2 Å². The third-order valence-electron chi connectivity index (χ3n) is 3.85. The number of hydrogen-bond acceptors (Lipinski definition) is 4. The van der Waals surface area contributed by atoms with Gasteiger partial charge in [0.15, 0.2) is 0 Å². The average molecular weight is 327 g/mol. The molecule has 0 unspecified atom stereocenters. The van der Waals surface area contributed by atoms with Gasteiger partial charge < -0.3 is 10.2 Å². The van der Waals surface area contributed by atoms with Gasteiger partial charge in [-0.25, -0.2) is 0 Å². The lowest BCUT2D eigenvalue weighted by Crippen LogP contribution is -2.24. The van der Waals surface area contributed by atoms with E-state index in [0.717, 1.165) is 37.2 Å². The first-order chi connectivity index (χ1) is 11.7.